The Bertz CT molecular complexity index is 1440. The first-order valence-electron chi connectivity index (χ1n) is 13.0. The van der Waals surface area contributed by atoms with E-state index in [0.29, 0.717) is 5.92 Å². The van der Waals surface area contributed by atoms with E-state index in [1.807, 2.05) is 0 Å². The van der Waals surface area contributed by atoms with Gasteiger partial charge in [0.2, 0.25) is 0 Å². The molecule has 0 amide bonds. The third kappa shape index (κ3) is 5.57. The molecule has 0 heterocycles. The summed E-state index contributed by atoms with van der Waals surface area (Å²) < 4.78 is 0. The van der Waals surface area contributed by atoms with Gasteiger partial charge in [-0.05, 0) is 72.4 Å². The molecule has 4 aromatic rings. The van der Waals surface area contributed by atoms with Gasteiger partial charge in [-0.2, -0.15) is 0 Å². The predicted octanol–water partition coefficient (Wildman–Crippen LogP) is 9.93. The highest BCUT2D eigenvalue weighted by Gasteiger charge is 2.19. The molecule has 0 aliphatic heterocycles. The zero-order chi connectivity index (χ0) is 25.5. The lowest BCUT2D eigenvalue weighted by atomic mass is 9.91. The van der Waals surface area contributed by atoms with Gasteiger partial charge in [0, 0.05) is 23.0 Å². The Morgan fingerprint density at radius 2 is 1.38 bits per heavy atom. The van der Waals surface area contributed by atoms with Crippen LogP contribution in [-0.4, -0.2) is 0 Å². The second-order valence-electron chi connectivity index (χ2n) is 9.37. The summed E-state index contributed by atoms with van der Waals surface area (Å²) in [4.78, 5) is 2.37. The van der Waals surface area contributed by atoms with Crippen LogP contribution in [0.2, 0.25) is 0 Å². The summed E-state index contributed by atoms with van der Waals surface area (Å²) >= 11 is 0. The van der Waals surface area contributed by atoms with Crippen LogP contribution in [0.25, 0.3) is 22.3 Å². The number of hydrogen-bond donors (Lipinski definition) is 0. The van der Waals surface area contributed by atoms with Gasteiger partial charge in [0.25, 0.3) is 0 Å². The van der Waals surface area contributed by atoms with E-state index in [1.165, 1.54) is 39.2 Å². The molecule has 0 bridgehead atoms. The first kappa shape index (κ1) is 24.3. The summed E-state index contributed by atoms with van der Waals surface area (Å²) in [5.41, 5.74) is 9.82. The van der Waals surface area contributed by atoms with E-state index < -0.39 is 0 Å². The van der Waals surface area contributed by atoms with Gasteiger partial charge in [0.05, 0.1) is 0 Å². The van der Waals surface area contributed by atoms with E-state index in [9.17, 15) is 0 Å². The Labute approximate surface area is 221 Å². The number of benzene rings is 4. The summed E-state index contributed by atoms with van der Waals surface area (Å²) in [5, 5.41) is 0. The molecule has 1 nitrogen and oxygen atoms in total. The second-order valence-corrected chi connectivity index (χ2v) is 9.37. The number of rotatable bonds is 7. The van der Waals surface area contributed by atoms with Crippen molar-refractivity contribution in [3.8, 4) is 22.3 Å². The Balaban J connectivity index is 1.58. The van der Waals surface area contributed by atoms with Crippen LogP contribution >= 0.6 is 0 Å². The third-order valence-corrected chi connectivity index (χ3v) is 6.88. The van der Waals surface area contributed by atoms with E-state index in [2.05, 4.69) is 164 Å². The molecule has 5 rings (SSSR count). The van der Waals surface area contributed by atoms with Gasteiger partial charge in [-0.15, -0.1) is 0 Å². The minimum Gasteiger partial charge on any atom is -0.315 e. The van der Waals surface area contributed by atoms with Crippen molar-refractivity contribution in [2.75, 3.05) is 4.90 Å². The Kier molecular flexibility index (Phi) is 7.62. The molecule has 0 N–H and O–H groups in total. The van der Waals surface area contributed by atoms with E-state index >= 15 is 0 Å². The number of hydrogen-bond acceptors (Lipinski definition) is 1. The van der Waals surface area contributed by atoms with Gasteiger partial charge < -0.3 is 4.90 Å². The molecule has 182 valence electrons. The summed E-state index contributed by atoms with van der Waals surface area (Å²) in [6.45, 7) is 4.24. The molecule has 1 atom stereocenters. The highest BCUT2D eigenvalue weighted by molar-refractivity contribution is 5.86. The summed E-state index contributed by atoms with van der Waals surface area (Å²) in [6.07, 6.45) is 14.4. The minimum atomic E-state index is 0.409. The maximum absolute atomic E-state index is 2.37. The normalized spacial score (nSPS) is 15.6. The van der Waals surface area contributed by atoms with Crippen molar-refractivity contribution in [3.63, 3.8) is 0 Å². The summed E-state index contributed by atoms with van der Waals surface area (Å²) in [7, 11) is 0. The molecule has 1 unspecified atom stereocenters. The zero-order valence-corrected chi connectivity index (χ0v) is 21.6. The second kappa shape index (κ2) is 11.6. The highest BCUT2D eigenvalue weighted by Crippen LogP contribution is 2.38. The van der Waals surface area contributed by atoms with Gasteiger partial charge in [0.15, 0.2) is 0 Å². The van der Waals surface area contributed by atoms with Gasteiger partial charge in [-0.3, -0.25) is 0 Å². The standard InChI is InChI=1S/C36H33N/c1-3-4-14-28(2)37(33-23-21-30(22-24-33)29-15-8-5-9-16-29)34-25-26-35(31-17-10-6-11-18-31)36(27-34)32-19-12-7-13-20-32/h3-21,23-27,30H,22H2,1-2H3/b4-3-,28-14+. The molecule has 0 saturated carbocycles. The molecule has 4 aromatic carbocycles. The monoisotopic (exact) mass is 479 g/mol. The number of nitrogens with zero attached hydrogens (tertiary/aromatic N) is 1. The van der Waals surface area contributed by atoms with Crippen LogP contribution in [0.3, 0.4) is 0 Å². The fourth-order valence-electron chi connectivity index (χ4n) is 4.99. The molecule has 1 aliphatic carbocycles. The molecule has 1 aliphatic rings. The maximum atomic E-state index is 2.37. The van der Waals surface area contributed by atoms with Crippen molar-refractivity contribution in [1.29, 1.82) is 0 Å². The van der Waals surface area contributed by atoms with Gasteiger partial charge in [-0.25, -0.2) is 0 Å². The van der Waals surface area contributed by atoms with Crippen molar-refractivity contribution < 1.29 is 0 Å². The SMILES string of the molecule is C/C=C\C=C(/C)N(C1=CCC(c2ccccc2)C=C1)c1ccc(-c2ccccc2)c(-c2ccccc2)c1. The molecule has 0 spiro atoms. The average molecular weight is 480 g/mol. The lowest BCUT2D eigenvalue weighted by molar-refractivity contribution is 0.836. The Morgan fingerprint density at radius 1 is 0.757 bits per heavy atom. The highest BCUT2D eigenvalue weighted by atomic mass is 15.1. The van der Waals surface area contributed by atoms with Crippen molar-refractivity contribution in [3.05, 3.63) is 163 Å². The first-order chi connectivity index (χ1) is 18.2. The Morgan fingerprint density at radius 3 is 1.97 bits per heavy atom. The van der Waals surface area contributed by atoms with Crippen LogP contribution in [0.5, 0.6) is 0 Å². The largest absolute Gasteiger partial charge is 0.315 e. The van der Waals surface area contributed by atoms with Gasteiger partial charge in [0.1, 0.15) is 0 Å². The third-order valence-electron chi connectivity index (χ3n) is 6.88. The summed E-state index contributed by atoms with van der Waals surface area (Å²) in [5.74, 6) is 0.409. The fraction of sp³-hybridized carbons (Fsp3) is 0.111. The van der Waals surface area contributed by atoms with Gasteiger partial charge in [-0.1, -0.05) is 121 Å². The van der Waals surface area contributed by atoms with Crippen LogP contribution in [0.4, 0.5) is 5.69 Å². The van der Waals surface area contributed by atoms with Crippen LogP contribution in [0, 0.1) is 0 Å². The maximum Gasteiger partial charge on any atom is 0.0464 e. The molecular formula is C36H33N. The number of anilines is 1. The molecule has 37 heavy (non-hydrogen) atoms. The molecule has 0 radical (unpaired) electrons. The molecular weight excluding hydrogens is 446 g/mol. The predicted molar refractivity (Wildman–Crippen MR) is 159 cm³/mol. The fourth-order valence-corrected chi connectivity index (χ4v) is 4.99. The van der Waals surface area contributed by atoms with E-state index in [4.69, 9.17) is 0 Å². The molecule has 1 heteroatoms. The Hall–Kier alpha value is -4.36. The van der Waals surface area contributed by atoms with Crippen molar-refractivity contribution in [2.24, 2.45) is 0 Å². The van der Waals surface area contributed by atoms with Crippen molar-refractivity contribution in [2.45, 2.75) is 26.2 Å². The van der Waals surface area contributed by atoms with Gasteiger partial charge >= 0.3 is 0 Å². The van der Waals surface area contributed by atoms with Crippen LogP contribution in [0.1, 0.15) is 31.7 Å². The van der Waals surface area contributed by atoms with Crippen molar-refractivity contribution >= 4 is 5.69 Å². The topological polar surface area (TPSA) is 3.24 Å². The number of allylic oxidation sites excluding steroid dienone is 7. The van der Waals surface area contributed by atoms with Crippen molar-refractivity contribution in [1.82, 2.24) is 0 Å². The average Bonchev–Trinajstić information content (AvgIpc) is 2.98. The van der Waals surface area contributed by atoms with Crippen LogP contribution in [-0.2, 0) is 0 Å². The summed E-state index contributed by atoms with van der Waals surface area (Å²) in [6, 6.07) is 39.0. The zero-order valence-electron chi connectivity index (χ0n) is 21.6. The quantitative estimate of drug-likeness (QED) is 0.238. The van der Waals surface area contributed by atoms with Crippen LogP contribution < -0.4 is 4.90 Å². The van der Waals surface area contributed by atoms with E-state index in [-0.39, 0.29) is 0 Å². The minimum absolute atomic E-state index is 0.409. The molecule has 0 fully saturated rings. The first-order valence-corrected chi connectivity index (χ1v) is 13.0. The van der Waals surface area contributed by atoms with E-state index in [0.717, 1.165) is 12.1 Å². The lowest BCUT2D eigenvalue weighted by Gasteiger charge is -2.30. The van der Waals surface area contributed by atoms with Crippen LogP contribution in [0.15, 0.2) is 157 Å². The molecule has 0 saturated heterocycles. The van der Waals surface area contributed by atoms with E-state index in [1.54, 1.807) is 0 Å². The smallest absolute Gasteiger partial charge is 0.0464 e. The lowest BCUT2D eigenvalue weighted by Crippen LogP contribution is -2.21. The molecule has 0 aromatic heterocycles.